The second-order valence-electron chi connectivity index (χ2n) is 2.47. The van der Waals surface area contributed by atoms with Crippen LogP contribution in [-0.4, -0.2) is 42.6 Å². The number of nitrogens with zero attached hydrogens (tertiary/aromatic N) is 3. The topological polar surface area (TPSA) is 81.2 Å². The molecule has 2 N–H and O–H groups in total. The molecule has 0 unspecified atom stereocenters. The minimum Gasteiger partial charge on any atom is -0.364 e. The molecule has 1 rings (SSSR count). The Balaban J connectivity index is 2.66. The van der Waals surface area contributed by atoms with Crippen molar-refractivity contribution in [1.29, 1.82) is 0 Å². The van der Waals surface area contributed by atoms with Gasteiger partial charge in [-0.25, -0.2) is 0 Å². The zero-order valence-electron chi connectivity index (χ0n) is 8.45. The number of ether oxygens (including phenoxy) is 2. The molecule has 8 heteroatoms. The molecule has 15 heavy (non-hydrogen) atoms. The van der Waals surface area contributed by atoms with Crippen LogP contribution in [0.4, 0.5) is 11.9 Å². The third-order valence-corrected chi connectivity index (χ3v) is 1.71. The monoisotopic (exact) mass is 277 g/mol. The summed E-state index contributed by atoms with van der Waals surface area (Å²) >= 11 is 3.17. The summed E-state index contributed by atoms with van der Waals surface area (Å²) in [6.07, 6.45) is 0. The fourth-order valence-electron chi connectivity index (χ4n) is 0.782. The van der Waals surface area contributed by atoms with Gasteiger partial charge in [-0.05, 0) is 15.9 Å². The fraction of sp³-hybridized carbons (Fsp3) is 0.571. The quantitative estimate of drug-likeness (QED) is 0.740. The van der Waals surface area contributed by atoms with E-state index in [9.17, 15) is 0 Å². The molecule has 0 amide bonds. The molecule has 0 atom stereocenters. The smallest absolute Gasteiger partial charge is 0.230 e. The predicted molar refractivity (Wildman–Crippen MR) is 58.5 cm³/mol. The van der Waals surface area contributed by atoms with E-state index in [1.807, 2.05) is 0 Å². The molecule has 0 saturated heterocycles. The van der Waals surface area contributed by atoms with E-state index in [2.05, 4.69) is 41.5 Å². The standard InChI is InChI=1S/C7H12BrN5O2/c1-14-3-9-6-11-5(8)12-7(13-6)10-4-15-2/h3-4H2,1-2H3,(H2,9,10,11,12,13). The highest BCUT2D eigenvalue weighted by molar-refractivity contribution is 9.10. The zero-order chi connectivity index (χ0) is 11.1. The third-order valence-electron chi connectivity index (χ3n) is 1.36. The lowest BCUT2D eigenvalue weighted by molar-refractivity contribution is 0.219. The Morgan fingerprint density at radius 2 is 1.47 bits per heavy atom. The van der Waals surface area contributed by atoms with Gasteiger partial charge in [-0.15, -0.1) is 0 Å². The summed E-state index contributed by atoms with van der Waals surface area (Å²) in [5.41, 5.74) is 0. The highest BCUT2D eigenvalue weighted by Crippen LogP contribution is 2.09. The molecule has 1 aromatic rings. The molecular formula is C7H12BrN5O2. The highest BCUT2D eigenvalue weighted by Gasteiger charge is 2.03. The number of nitrogens with one attached hydrogen (secondary N) is 2. The van der Waals surface area contributed by atoms with Crippen molar-refractivity contribution in [2.45, 2.75) is 0 Å². The minimum absolute atomic E-state index is 0.334. The van der Waals surface area contributed by atoms with Crippen LogP contribution in [0.15, 0.2) is 4.73 Å². The molecule has 0 aliphatic rings. The average molecular weight is 278 g/mol. The third kappa shape index (κ3) is 4.36. The molecular weight excluding hydrogens is 266 g/mol. The summed E-state index contributed by atoms with van der Waals surface area (Å²) < 4.78 is 10.1. The SMILES string of the molecule is COCNc1nc(Br)nc(NCOC)n1. The van der Waals surface area contributed by atoms with E-state index >= 15 is 0 Å². The highest BCUT2D eigenvalue weighted by atomic mass is 79.9. The van der Waals surface area contributed by atoms with Crippen molar-refractivity contribution >= 4 is 27.8 Å². The number of hydrogen-bond donors (Lipinski definition) is 2. The van der Waals surface area contributed by atoms with Crippen molar-refractivity contribution in [1.82, 2.24) is 15.0 Å². The van der Waals surface area contributed by atoms with Crippen LogP contribution in [0.3, 0.4) is 0 Å². The Morgan fingerprint density at radius 1 is 1.00 bits per heavy atom. The molecule has 0 saturated carbocycles. The molecule has 1 aromatic heterocycles. The van der Waals surface area contributed by atoms with E-state index in [-0.39, 0.29) is 0 Å². The molecule has 0 fully saturated rings. The Bertz CT molecular complexity index is 285. The number of anilines is 2. The first kappa shape index (κ1) is 12.1. The van der Waals surface area contributed by atoms with E-state index in [1.54, 1.807) is 14.2 Å². The number of methoxy groups -OCH3 is 2. The Labute approximate surface area is 95.7 Å². The average Bonchev–Trinajstić information content (AvgIpc) is 2.23. The number of rotatable bonds is 6. The van der Waals surface area contributed by atoms with Crippen LogP contribution >= 0.6 is 15.9 Å². The maximum atomic E-state index is 4.83. The maximum absolute atomic E-state index is 4.83. The van der Waals surface area contributed by atoms with E-state index in [0.29, 0.717) is 30.1 Å². The van der Waals surface area contributed by atoms with Gasteiger partial charge in [0.25, 0.3) is 0 Å². The van der Waals surface area contributed by atoms with Gasteiger partial charge < -0.3 is 20.1 Å². The van der Waals surface area contributed by atoms with Crippen molar-refractivity contribution in [3.8, 4) is 0 Å². The summed E-state index contributed by atoms with van der Waals surface area (Å²) in [6.45, 7) is 0.667. The van der Waals surface area contributed by atoms with Crippen molar-refractivity contribution in [3.63, 3.8) is 0 Å². The van der Waals surface area contributed by atoms with Crippen LogP contribution in [0.25, 0.3) is 0 Å². The molecule has 0 spiro atoms. The first-order chi connectivity index (χ1) is 7.26. The zero-order valence-corrected chi connectivity index (χ0v) is 10.0. The number of aromatic nitrogens is 3. The summed E-state index contributed by atoms with van der Waals surface area (Å²) in [5, 5.41) is 5.71. The molecule has 0 radical (unpaired) electrons. The van der Waals surface area contributed by atoms with Gasteiger partial charge in [0.1, 0.15) is 13.5 Å². The van der Waals surface area contributed by atoms with Crippen LogP contribution in [0, 0.1) is 0 Å². The van der Waals surface area contributed by atoms with Gasteiger partial charge in [0.05, 0.1) is 0 Å². The van der Waals surface area contributed by atoms with Crippen molar-refractivity contribution in [2.24, 2.45) is 0 Å². The normalized spacial score (nSPS) is 10.1. The van der Waals surface area contributed by atoms with E-state index in [4.69, 9.17) is 9.47 Å². The summed E-state index contributed by atoms with van der Waals surface area (Å²) in [5.74, 6) is 0.856. The summed E-state index contributed by atoms with van der Waals surface area (Å²) in [4.78, 5) is 12.1. The number of halogens is 1. The van der Waals surface area contributed by atoms with Gasteiger partial charge in [0.2, 0.25) is 16.6 Å². The lowest BCUT2D eigenvalue weighted by Gasteiger charge is -2.06. The molecule has 0 bridgehead atoms. The van der Waals surface area contributed by atoms with Gasteiger partial charge in [0.15, 0.2) is 0 Å². The lowest BCUT2D eigenvalue weighted by atomic mass is 10.8. The van der Waals surface area contributed by atoms with Crippen LogP contribution in [0.5, 0.6) is 0 Å². The van der Waals surface area contributed by atoms with Gasteiger partial charge in [0, 0.05) is 14.2 Å². The van der Waals surface area contributed by atoms with Crippen molar-refractivity contribution < 1.29 is 9.47 Å². The Morgan fingerprint density at radius 3 is 1.87 bits per heavy atom. The predicted octanol–water partition coefficient (Wildman–Crippen LogP) is 0.666. The van der Waals surface area contributed by atoms with Crippen LogP contribution in [0.1, 0.15) is 0 Å². The molecule has 1 heterocycles. The summed E-state index contributed by atoms with van der Waals surface area (Å²) in [7, 11) is 3.15. The van der Waals surface area contributed by atoms with Crippen LogP contribution in [0.2, 0.25) is 0 Å². The summed E-state index contributed by atoms with van der Waals surface area (Å²) in [6, 6.07) is 0. The maximum Gasteiger partial charge on any atom is 0.230 e. The van der Waals surface area contributed by atoms with Gasteiger partial charge in [-0.3, -0.25) is 0 Å². The molecule has 7 nitrogen and oxygen atoms in total. The van der Waals surface area contributed by atoms with E-state index in [1.165, 1.54) is 0 Å². The molecule has 0 aliphatic carbocycles. The minimum atomic E-state index is 0.334. The fourth-order valence-corrected chi connectivity index (χ4v) is 1.12. The number of hydrogen-bond acceptors (Lipinski definition) is 7. The second kappa shape index (κ2) is 6.49. The van der Waals surface area contributed by atoms with Crippen molar-refractivity contribution in [2.75, 3.05) is 38.3 Å². The molecule has 84 valence electrons. The van der Waals surface area contributed by atoms with Crippen molar-refractivity contribution in [3.05, 3.63) is 4.73 Å². The van der Waals surface area contributed by atoms with Gasteiger partial charge in [-0.1, -0.05) is 0 Å². The van der Waals surface area contributed by atoms with Crippen LogP contribution < -0.4 is 10.6 Å². The first-order valence-corrected chi connectivity index (χ1v) is 4.92. The van der Waals surface area contributed by atoms with E-state index < -0.39 is 0 Å². The van der Waals surface area contributed by atoms with Crippen LogP contribution in [-0.2, 0) is 9.47 Å². The van der Waals surface area contributed by atoms with Gasteiger partial charge in [-0.2, -0.15) is 15.0 Å². The Kier molecular flexibility index (Phi) is 5.22. The molecule has 0 aliphatic heterocycles. The van der Waals surface area contributed by atoms with E-state index in [0.717, 1.165) is 0 Å². The first-order valence-electron chi connectivity index (χ1n) is 4.13. The Hall–Kier alpha value is -0.990. The largest absolute Gasteiger partial charge is 0.364 e. The second-order valence-corrected chi connectivity index (χ2v) is 3.18. The lowest BCUT2D eigenvalue weighted by Crippen LogP contribution is -2.12. The molecule has 0 aromatic carbocycles. The van der Waals surface area contributed by atoms with Gasteiger partial charge >= 0.3 is 0 Å².